The minimum absolute atomic E-state index is 0.487. The van der Waals surface area contributed by atoms with E-state index in [-0.39, 0.29) is 0 Å². The van der Waals surface area contributed by atoms with E-state index in [9.17, 15) is 0 Å². The Kier molecular flexibility index (Phi) is 2.23. The summed E-state index contributed by atoms with van der Waals surface area (Å²) < 4.78 is 0. The molecule has 0 saturated carbocycles. The molecule has 4 heteroatoms. The second-order valence-electron chi connectivity index (χ2n) is 4.27. The van der Waals surface area contributed by atoms with Crippen LogP contribution in [0.3, 0.4) is 0 Å². The highest BCUT2D eigenvalue weighted by Gasteiger charge is 2.30. The molecule has 1 N–H and O–H groups in total. The Morgan fingerprint density at radius 2 is 2.14 bits per heavy atom. The molecule has 2 rings (SSSR count). The van der Waals surface area contributed by atoms with E-state index in [1.165, 1.54) is 5.57 Å². The Balaban J connectivity index is 2.34. The summed E-state index contributed by atoms with van der Waals surface area (Å²) in [6.45, 7) is 5.47. The van der Waals surface area contributed by atoms with E-state index in [1.54, 1.807) is 0 Å². The third-order valence-corrected chi connectivity index (χ3v) is 3.10. The van der Waals surface area contributed by atoms with Crippen LogP contribution in [-0.2, 0) is 0 Å². The summed E-state index contributed by atoms with van der Waals surface area (Å²) in [6.07, 6.45) is 1.89. The maximum Gasteiger partial charge on any atom is 0.145 e. The molecule has 0 aliphatic carbocycles. The third-order valence-electron chi connectivity index (χ3n) is 3.10. The summed E-state index contributed by atoms with van der Waals surface area (Å²) in [5, 5.41) is 2.03. The van der Waals surface area contributed by atoms with Crippen molar-refractivity contribution in [3.05, 3.63) is 11.4 Å². The molecule has 2 atom stereocenters. The van der Waals surface area contributed by atoms with Gasteiger partial charge in [0.25, 0.3) is 0 Å². The third kappa shape index (κ3) is 1.39. The summed E-state index contributed by atoms with van der Waals surface area (Å²) in [5.74, 6) is 1.65. The quantitative estimate of drug-likeness (QED) is 0.614. The van der Waals surface area contributed by atoms with Crippen LogP contribution in [0.4, 0.5) is 0 Å². The van der Waals surface area contributed by atoms with Gasteiger partial charge in [0.05, 0.1) is 6.34 Å². The lowest BCUT2D eigenvalue weighted by Gasteiger charge is -2.40. The van der Waals surface area contributed by atoms with Gasteiger partial charge in [-0.25, -0.2) is 10.4 Å². The van der Waals surface area contributed by atoms with E-state index in [0.29, 0.717) is 12.0 Å². The molecule has 0 amide bonds. The zero-order chi connectivity index (χ0) is 10.3. The first-order valence-electron chi connectivity index (χ1n) is 5.07. The normalized spacial score (nSPS) is 32.3. The summed E-state index contributed by atoms with van der Waals surface area (Å²) in [7, 11) is 4.09. The van der Waals surface area contributed by atoms with Gasteiger partial charge in [-0.15, -0.1) is 0 Å². The van der Waals surface area contributed by atoms with Crippen molar-refractivity contribution >= 4 is 6.34 Å². The summed E-state index contributed by atoms with van der Waals surface area (Å²) >= 11 is 0. The number of hydrazine groups is 1. The zero-order valence-corrected chi connectivity index (χ0v) is 9.28. The number of hydrogen-bond acceptors (Lipinski definition) is 4. The van der Waals surface area contributed by atoms with Crippen molar-refractivity contribution in [2.75, 3.05) is 20.6 Å². The molecule has 78 valence electrons. The number of likely N-dealkylation sites (N-methyl/N-ethyl adjacent to an activating group) is 1. The molecule has 0 radical (unpaired) electrons. The fraction of sp³-hybridized carbons (Fsp3) is 0.700. The van der Waals surface area contributed by atoms with Gasteiger partial charge in [-0.05, 0) is 18.4 Å². The monoisotopic (exact) mass is 194 g/mol. The van der Waals surface area contributed by atoms with Gasteiger partial charge in [0.1, 0.15) is 5.82 Å². The molecule has 0 fully saturated rings. The standard InChI is InChI=1S/C10H18N4/c1-7-8(2)12-14(4)10-9(7)5-13(3)6-11-10/h6-8,12H,5H2,1-4H3. The van der Waals surface area contributed by atoms with Gasteiger partial charge in [0.15, 0.2) is 0 Å². The van der Waals surface area contributed by atoms with Crippen molar-refractivity contribution in [3.8, 4) is 0 Å². The van der Waals surface area contributed by atoms with Crippen LogP contribution in [0.25, 0.3) is 0 Å². The van der Waals surface area contributed by atoms with Crippen LogP contribution in [0.15, 0.2) is 16.4 Å². The van der Waals surface area contributed by atoms with Gasteiger partial charge in [0, 0.05) is 26.7 Å². The minimum atomic E-state index is 0.487. The molecule has 2 aliphatic heterocycles. The first kappa shape index (κ1) is 9.52. The maximum atomic E-state index is 4.44. The van der Waals surface area contributed by atoms with E-state index >= 15 is 0 Å². The van der Waals surface area contributed by atoms with Crippen LogP contribution in [0, 0.1) is 5.92 Å². The zero-order valence-electron chi connectivity index (χ0n) is 9.28. The van der Waals surface area contributed by atoms with Gasteiger partial charge in [-0.1, -0.05) is 6.92 Å². The number of nitrogens with zero attached hydrogens (tertiary/aromatic N) is 3. The lowest BCUT2D eigenvalue weighted by atomic mass is 9.92. The molecular weight excluding hydrogens is 176 g/mol. The van der Waals surface area contributed by atoms with E-state index in [0.717, 1.165) is 12.4 Å². The molecule has 2 aliphatic rings. The number of hydrogen-bond donors (Lipinski definition) is 1. The van der Waals surface area contributed by atoms with Crippen molar-refractivity contribution in [2.24, 2.45) is 10.9 Å². The number of aliphatic imine (C=N–C) groups is 1. The summed E-state index contributed by atoms with van der Waals surface area (Å²) in [5.41, 5.74) is 4.82. The average molecular weight is 194 g/mol. The first-order valence-corrected chi connectivity index (χ1v) is 5.07. The molecule has 4 nitrogen and oxygen atoms in total. The molecule has 0 saturated heterocycles. The van der Waals surface area contributed by atoms with E-state index in [2.05, 4.69) is 36.2 Å². The number of rotatable bonds is 0. The van der Waals surface area contributed by atoms with Crippen LogP contribution in [-0.4, -0.2) is 42.9 Å². The Labute approximate surface area is 85.3 Å². The van der Waals surface area contributed by atoms with Crippen LogP contribution < -0.4 is 5.43 Å². The van der Waals surface area contributed by atoms with Gasteiger partial charge >= 0.3 is 0 Å². The largest absolute Gasteiger partial charge is 0.361 e. The lowest BCUT2D eigenvalue weighted by molar-refractivity contribution is 0.189. The highest BCUT2D eigenvalue weighted by Crippen LogP contribution is 2.27. The first-order chi connectivity index (χ1) is 6.59. The molecule has 0 aromatic heterocycles. The summed E-state index contributed by atoms with van der Waals surface area (Å²) in [4.78, 5) is 6.57. The van der Waals surface area contributed by atoms with Crippen LogP contribution in [0.2, 0.25) is 0 Å². The predicted octanol–water partition coefficient (Wildman–Crippen LogP) is 0.646. The van der Waals surface area contributed by atoms with Gasteiger partial charge in [-0.3, -0.25) is 5.01 Å². The van der Waals surface area contributed by atoms with Crippen LogP contribution in [0.5, 0.6) is 0 Å². The molecule has 0 spiro atoms. The van der Waals surface area contributed by atoms with E-state index in [4.69, 9.17) is 0 Å². The van der Waals surface area contributed by atoms with Crippen LogP contribution >= 0.6 is 0 Å². The Hall–Kier alpha value is -1.03. The van der Waals surface area contributed by atoms with Crippen molar-refractivity contribution in [2.45, 2.75) is 19.9 Å². The molecule has 2 unspecified atom stereocenters. The molecule has 2 heterocycles. The molecule has 14 heavy (non-hydrogen) atoms. The van der Waals surface area contributed by atoms with Crippen molar-refractivity contribution in [3.63, 3.8) is 0 Å². The molecule has 0 aromatic carbocycles. The van der Waals surface area contributed by atoms with Gasteiger partial charge < -0.3 is 4.90 Å². The average Bonchev–Trinajstić information content (AvgIpc) is 2.14. The molecular formula is C10H18N4. The smallest absolute Gasteiger partial charge is 0.145 e. The van der Waals surface area contributed by atoms with Gasteiger partial charge in [-0.2, -0.15) is 0 Å². The van der Waals surface area contributed by atoms with Gasteiger partial charge in [0.2, 0.25) is 0 Å². The second-order valence-corrected chi connectivity index (χ2v) is 4.27. The number of nitrogens with one attached hydrogen (secondary N) is 1. The second kappa shape index (κ2) is 3.28. The topological polar surface area (TPSA) is 30.9 Å². The maximum absolute atomic E-state index is 4.44. The highest BCUT2D eigenvalue weighted by molar-refractivity contribution is 5.59. The molecule has 0 bridgehead atoms. The highest BCUT2D eigenvalue weighted by atomic mass is 15.5. The lowest BCUT2D eigenvalue weighted by Crippen LogP contribution is -2.50. The van der Waals surface area contributed by atoms with E-state index < -0.39 is 0 Å². The summed E-state index contributed by atoms with van der Waals surface area (Å²) in [6, 6.07) is 0.487. The fourth-order valence-corrected chi connectivity index (χ4v) is 2.05. The molecule has 0 aromatic rings. The fourth-order valence-electron chi connectivity index (χ4n) is 2.05. The minimum Gasteiger partial charge on any atom is -0.361 e. The Bertz CT molecular complexity index is 294. The Morgan fingerprint density at radius 3 is 2.86 bits per heavy atom. The van der Waals surface area contributed by atoms with Crippen LogP contribution in [0.1, 0.15) is 13.8 Å². The SMILES string of the molecule is CC1NN(C)C2=C(CN(C)C=N2)C1C. The predicted molar refractivity (Wildman–Crippen MR) is 57.7 cm³/mol. The van der Waals surface area contributed by atoms with Crippen molar-refractivity contribution in [1.29, 1.82) is 0 Å². The Morgan fingerprint density at radius 1 is 1.43 bits per heavy atom. The van der Waals surface area contributed by atoms with Crippen molar-refractivity contribution in [1.82, 2.24) is 15.3 Å². The van der Waals surface area contributed by atoms with E-state index in [1.807, 2.05) is 18.4 Å². The van der Waals surface area contributed by atoms with Crippen molar-refractivity contribution < 1.29 is 0 Å².